The number of ether oxygens (including phenoxy) is 1. The number of hydrogen-bond acceptors (Lipinski definition) is 8. The maximum atomic E-state index is 12.4. The van der Waals surface area contributed by atoms with Gasteiger partial charge in [-0.05, 0) is 32.0 Å². The van der Waals surface area contributed by atoms with E-state index in [1.807, 2.05) is 0 Å². The van der Waals surface area contributed by atoms with Crippen LogP contribution in [0, 0.1) is 0 Å². The zero-order valence-electron chi connectivity index (χ0n) is 16.9. The average molecular weight is 466 g/mol. The lowest BCUT2D eigenvalue weighted by Gasteiger charge is -2.15. The molecule has 2 N–H and O–H groups in total. The van der Waals surface area contributed by atoms with Gasteiger partial charge in [0, 0.05) is 18.8 Å². The van der Waals surface area contributed by atoms with Crippen LogP contribution in [0.25, 0.3) is 11.4 Å². The molecular weight excluding hydrogens is 446 g/mol. The van der Waals surface area contributed by atoms with E-state index in [0.717, 1.165) is 0 Å². The molecule has 3 aromatic heterocycles. The van der Waals surface area contributed by atoms with Gasteiger partial charge in [-0.2, -0.15) is 0 Å². The standard InChI is InChI=1S/C18H20ClN7O4S/c1-4-31(28,29)24-12-7-8-14(21-10-12)15-17(26(3)25-23-15)22-18(27)30-11(2)13-6-5-9-20-16(13)19/h5-11,24H,4H2,1-3H3,(H,22,27)/t11-/m1/s1. The van der Waals surface area contributed by atoms with Crippen molar-refractivity contribution in [3.8, 4) is 11.4 Å². The fourth-order valence-corrected chi connectivity index (χ4v) is 3.46. The lowest BCUT2D eigenvalue weighted by Crippen LogP contribution is -2.18. The Morgan fingerprint density at radius 3 is 2.71 bits per heavy atom. The molecule has 0 aliphatic heterocycles. The van der Waals surface area contributed by atoms with Crippen molar-refractivity contribution in [3.05, 3.63) is 47.4 Å². The van der Waals surface area contributed by atoms with Gasteiger partial charge in [0.15, 0.2) is 11.5 Å². The molecule has 0 aliphatic carbocycles. The fraction of sp³-hybridized carbons (Fsp3) is 0.278. The number of rotatable bonds is 7. The Kier molecular flexibility index (Phi) is 6.71. The molecule has 3 heterocycles. The van der Waals surface area contributed by atoms with Gasteiger partial charge in [0.25, 0.3) is 0 Å². The summed E-state index contributed by atoms with van der Waals surface area (Å²) < 4.78 is 32.5. The van der Waals surface area contributed by atoms with Crippen molar-refractivity contribution in [1.29, 1.82) is 0 Å². The van der Waals surface area contributed by atoms with Crippen LogP contribution < -0.4 is 10.0 Å². The van der Waals surface area contributed by atoms with E-state index in [9.17, 15) is 13.2 Å². The summed E-state index contributed by atoms with van der Waals surface area (Å²) in [7, 11) is -1.82. The predicted molar refractivity (Wildman–Crippen MR) is 115 cm³/mol. The van der Waals surface area contributed by atoms with E-state index in [1.54, 1.807) is 38.2 Å². The smallest absolute Gasteiger partial charge is 0.413 e. The van der Waals surface area contributed by atoms with Crippen LogP contribution >= 0.6 is 11.6 Å². The van der Waals surface area contributed by atoms with Crippen LogP contribution in [0.4, 0.5) is 16.3 Å². The molecule has 0 saturated carbocycles. The van der Waals surface area contributed by atoms with Gasteiger partial charge in [-0.3, -0.25) is 15.0 Å². The number of carbonyl (C=O) groups is 1. The van der Waals surface area contributed by atoms with E-state index >= 15 is 0 Å². The van der Waals surface area contributed by atoms with Gasteiger partial charge >= 0.3 is 6.09 Å². The minimum absolute atomic E-state index is 0.0578. The molecule has 0 aliphatic rings. The Hall–Kier alpha value is -3.25. The molecule has 0 bridgehead atoms. The van der Waals surface area contributed by atoms with Gasteiger partial charge in [-0.1, -0.05) is 22.9 Å². The van der Waals surface area contributed by atoms with Crippen LogP contribution in [0.1, 0.15) is 25.5 Å². The highest BCUT2D eigenvalue weighted by Crippen LogP contribution is 2.26. The average Bonchev–Trinajstić information content (AvgIpc) is 3.08. The fourth-order valence-electron chi connectivity index (χ4n) is 2.57. The molecule has 0 fully saturated rings. The second-order valence-electron chi connectivity index (χ2n) is 6.40. The minimum Gasteiger partial charge on any atom is -0.441 e. The molecule has 0 radical (unpaired) electrons. The third kappa shape index (κ3) is 5.47. The van der Waals surface area contributed by atoms with E-state index < -0.39 is 22.2 Å². The molecule has 0 spiro atoms. The molecule has 0 saturated heterocycles. The van der Waals surface area contributed by atoms with Crippen LogP contribution in [0.3, 0.4) is 0 Å². The monoisotopic (exact) mass is 465 g/mol. The minimum atomic E-state index is -3.42. The number of pyridine rings is 2. The van der Waals surface area contributed by atoms with Crippen molar-refractivity contribution in [2.24, 2.45) is 7.05 Å². The number of aromatic nitrogens is 5. The Labute approximate surface area is 183 Å². The SMILES string of the molecule is CCS(=O)(=O)Nc1ccc(-c2nnn(C)c2NC(=O)O[C@H](C)c2cccnc2Cl)nc1. The van der Waals surface area contributed by atoms with Crippen LogP contribution in [-0.4, -0.2) is 45.2 Å². The Balaban J connectivity index is 1.75. The van der Waals surface area contributed by atoms with Gasteiger partial charge in [-0.15, -0.1) is 5.10 Å². The number of anilines is 2. The topological polar surface area (TPSA) is 141 Å². The van der Waals surface area contributed by atoms with Crippen LogP contribution in [0.2, 0.25) is 5.15 Å². The first-order valence-corrected chi connectivity index (χ1v) is 11.2. The summed E-state index contributed by atoms with van der Waals surface area (Å²) in [5.74, 6) is 0.196. The number of hydrogen-bond donors (Lipinski definition) is 2. The number of amides is 1. The first-order valence-electron chi connectivity index (χ1n) is 9.14. The van der Waals surface area contributed by atoms with Crippen molar-refractivity contribution < 1.29 is 17.9 Å². The zero-order chi connectivity index (χ0) is 22.6. The third-order valence-corrected chi connectivity index (χ3v) is 5.84. The predicted octanol–water partition coefficient (Wildman–Crippen LogP) is 3.00. The van der Waals surface area contributed by atoms with Crippen LogP contribution in [-0.2, 0) is 21.8 Å². The first kappa shape index (κ1) is 22.4. The molecule has 3 aromatic rings. The Morgan fingerprint density at radius 1 is 1.29 bits per heavy atom. The highest BCUT2D eigenvalue weighted by molar-refractivity contribution is 7.92. The Morgan fingerprint density at radius 2 is 2.06 bits per heavy atom. The maximum absolute atomic E-state index is 12.4. The van der Waals surface area contributed by atoms with E-state index in [1.165, 1.54) is 24.0 Å². The molecule has 11 nitrogen and oxygen atoms in total. The highest BCUT2D eigenvalue weighted by atomic mass is 35.5. The Bertz CT molecular complexity index is 1180. The summed E-state index contributed by atoms with van der Waals surface area (Å²) in [5.41, 5.74) is 1.54. The van der Waals surface area contributed by atoms with Crippen molar-refractivity contribution in [2.45, 2.75) is 20.0 Å². The first-order chi connectivity index (χ1) is 14.7. The quantitative estimate of drug-likeness (QED) is 0.507. The highest BCUT2D eigenvalue weighted by Gasteiger charge is 2.20. The molecule has 1 amide bonds. The van der Waals surface area contributed by atoms with Crippen molar-refractivity contribution >= 4 is 39.2 Å². The van der Waals surface area contributed by atoms with Gasteiger partial charge in [0.1, 0.15) is 11.3 Å². The number of nitrogens with zero attached hydrogens (tertiary/aromatic N) is 5. The number of aryl methyl sites for hydroxylation is 1. The second kappa shape index (κ2) is 9.27. The largest absolute Gasteiger partial charge is 0.441 e. The summed E-state index contributed by atoms with van der Waals surface area (Å²) in [6.45, 7) is 3.20. The van der Waals surface area contributed by atoms with Crippen molar-refractivity contribution in [3.63, 3.8) is 0 Å². The van der Waals surface area contributed by atoms with E-state index in [4.69, 9.17) is 16.3 Å². The normalized spacial score (nSPS) is 12.3. The van der Waals surface area contributed by atoms with Crippen molar-refractivity contribution in [2.75, 3.05) is 15.8 Å². The summed E-state index contributed by atoms with van der Waals surface area (Å²) in [6.07, 6.45) is 1.50. The van der Waals surface area contributed by atoms with Crippen molar-refractivity contribution in [1.82, 2.24) is 25.0 Å². The number of sulfonamides is 1. The van der Waals surface area contributed by atoms with Gasteiger partial charge in [0.05, 0.1) is 23.3 Å². The molecule has 3 rings (SSSR count). The van der Waals surface area contributed by atoms with E-state index in [2.05, 4.69) is 30.3 Å². The zero-order valence-corrected chi connectivity index (χ0v) is 18.5. The van der Waals surface area contributed by atoms with Gasteiger partial charge in [0.2, 0.25) is 10.0 Å². The molecule has 0 aromatic carbocycles. The summed E-state index contributed by atoms with van der Waals surface area (Å²) >= 11 is 6.04. The van der Waals surface area contributed by atoms with Crippen LogP contribution in [0.5, 0.6) is 0 Å². The molecule has 31 heavy (non-hydrogen) atoms. The summed E-state index contributed by atoms with van der Waals surface area (Å²) in [4.78, 5) is 20.6. The van der Waals surface area contributed by atoms with Gasteiger partial charge < -0.3 is 4.74 Å². The molecular formula is C18H20ClN7O4S. The van der Waals surface area contributed by atoms with Gasteiger partial charge in [-0.25, -0.2) is 22.9 Å². The molecule has 164 valence electrons. The molecule has 1 atom stereocenters. The number of carbonyl (C=O) groups excluding carboxylic acids is 1. The van der Waals surface area contributed by atoms with E-state index in [-0.39, 0.29) is 22.4 Å². The molecule has 13 heteroatoms. The summed E-state index contributed by atoms with van der Waals surface area (Å²) in [5, 5.41) is 10.8. The van der Waals surface area contributed by atoms with E-state index in [0.29, 0.717) is 16.9 Å². The lowest BCUT2D eigenvalue weighted by molar-refractivity contribution is 0.121. The third-order valence-electron chi connectivity index (χ3n) is 4.22. The maximum Gasteiger partial charge on any atom is 0.413 e. The second-order valence-corrected chi connectivity index (χ2v) is 8.77. The summed E-state index contributed by atoms with van der Waals surface area (Å²) in [6, 6.07) is 6.51. The number of nitrogens with one attached hydrogen (secondary N) is 2. The van der Waals surface area contributed by atoms with Crippen LogP contribution in [0.15, 0.2) is 36.7 Å². The molecule has 0 unspecified atom stereocenters. The number of halogens is 1. The lowest BCUT2D eigenvalue weighted by atomic mass is 10.2.